The molecule has 2 rings (SSSR count). The topological polar surface area (TPSA) is 37.3 Å². The zero-order chi connectivity index (χ0) is 14.5. The lowest BCUT2D eigenvalue weighted by Crippen LogP contribution is -2.15. The van der Waals surface area contributed by atoms with Gasteiger partial charge in [-0.15, -0.1) is 11.6 Å². The Morgan fingerprint density at radius 3 is 2.35 bits per heavy atom. The van der Waals surface area contributed by atoms with E-state index >= 15 is 0 Å². The van der Waals surface area contributed by atoms with Crippen LogP contribution in [-0.4, -0.2) is 16.5 Å². The van der Waals surface area contributed by atoms with Crippen molar-refractivity contribution in [1.29, 1.82) is 0 Å². The SMILES string of the molecule is CC(c1ccccc1-c1ccccc1)C(Cl)CC(=O)O. The lowest BCUT2D eigenvalue weighted by atomic mass is 9.88. The van der Waals surface area contributed by atoms with Crippen molar-refractivity contribution in [3.63, 3.8) is 0 Å². The minimum atomic E-state index is -0.867. The average Bonchev–Trinajstić information content (AvgIpc) is 2.46. The number of halogens is 1. The van der Waals surface area contributed by atoms with E-state index < -0.39 is 11.3 Å². The maximum atomic E-state index is 10.8. The van der Waals surface area contributed by atoms with Gasteiger partial charge in [0.2, 0.25) is 0 Å². The molecule has 104 valence electrons. The molecule has 0 heterocycles. The van der Waals surface area contributed by atoms with Crippen LogP contribution in [0, 0.1) is 0 Å². The molecule has 0 radical (unpaired) electrons. The molecule has 0 spiro atoms. The van der Waals surface area contributed by atoms with Gasteiger partial charge in [0, 0.05) is 0 Å². The Kier molecular flexibility index (Phi) is 4.80. The van der Waals surface area contributed by atoms with E-state index in [0.29, 0.717) is 0 Å². The van der Waals surface area contributed by atoms with E-state index in [1.807, 2.05) is 61.5 Å². The molecule has 0 aliphatic rings. The molecular weight excluding hydrogens is 272 g/mol. The molecule has 0 saturated heterocycles. The van der Waals surface area contributed by atoms with Crippen LogP contribution in [0.2, 0.25) is 0 Å². The summed E-state index contributed by atoms with van der Waals surface area (Å²) in [5.74, 6) is -0.891. The molecule has 2 aromatic rings. The van der Waals surface area contributed by atoms with Gasteiger partial charge >= 0.3 is 5.97 Å². The molecular formula is C17H17ClO2. The summed E-state index contributed by atoms with van der Waals surface area (Å²) in [5.41, 5.74) is 3.31. The number of hydrogen-bond donors (Lipinski definition) is 1. The van der Waals surface area contributed by atoms with Crippen LogP contribution in [0.25, 0.3) is 11.1 Å². The quantitative estimate of drug-likeness (QED) is 0.820. The highest BCUT2D eigenvalue weighted by Crippen LogP contribution is 2.33. The van der Waals surface area contributed by atoms with E-state index in [1.165, 1.54) is 0 Å². The largest absolute Gasteiger partial charge is 0.481 e. The Morgan fingerprint density at radius 2 is 1.70 bits per heavy atom. The minimum Gasteiger partial charge on any atom is -0.481 e. The summed E-state index contributed by atoms with van der Waals surface area (Å²) in [6.07, 6.45) is -0.0359. The highest BCUT2D eigenvalue weighted by atomic mass is 35.5. The van der Waals surface area contributed by atoms with E-state index in [-0.39, 0.29) is 12.3 Å². The van der Waals surface area contributed by atoms with Crippen molar-refractivity contribution in [2.24, 2.45) is 0 Å². The number of aliphatic carboxylic acids is 1. The standard InChI is InChI=1S/C17H17ClO2/c1-12(16(18)11-17(19)20)14-9-5-6-10-15(14)13-7-3-2-4-8-13/h2-10,12,16H,11H2,1H3,(H,19,20). The lowest BCUT2D eigenvalue weighted by Gasteiger charge is -2.20. The fraction of sp³-hybridized carbons (Fsp3) is 0.235. The summed E-state index contributed by atoms with van der Waals surface area (Å²) < 4.78 is 0. The van der Waals surface area contributed by atoms with Crippen LogP contribution < -0.4 is 0 Å². The third-order valence-corrected chi connectivity index (χ3v) is 3.98. The highest BCUT2D eigenvalue weighted by Gasteiger charge is 2.21. The van der Waals surface area contributed by atoms with Crippen LogP contribution in [0.15, 0.2) is 54.6 Å². The van der Waals surface area contributed by atoms with E-state index in [0.717, 1.165) is 16.7 Å². The lowest BCUT2D eigenvalue weighted by molar-refractivity contribution is -0.137. The number of rotatable bonds is 5. The first-order valence-corrected chi connectivity index (χ1v) is 7.03. The van der Waals surface area contributed by atoms with Gasteiger partial charge in [-0.25, -0.2) is 0 Å². The van der Waals surface area contributed by atoms with Crippen molar-refractivity contribution in [2.75, 3.05) is 0 Å². The second-order valence-electron chi connectivity index (χ2n) is 4.86. The van der Waals surface area contributed by atoms with E-state index in [4.69, 9.17) is 16.7 Å². The summed E-state index contributed by atoms with van der Waals surface area (Å²) in [4.78, 5) is 10.8. The van der Waals surface area contributed by atoms with Gasteiger partial charge in [-0.05, 0) is 22.6 Å². The highest BCUT2D eigenvalue weighted by molar-refractivity contribution is 6.22. The first-order valence-electron chi connectivity index (χ1n) is 6.60. The van der Waals surface area contributed by atoms with Gasteiger partial charge in [-0.1, -0.05) is 61.5 Å². The fourth-order valence-corrected chi connectivity index (χ4v) is 2.58. The predicted octanol–water partition coefficient (Wildman–Crippen LogP) is 4.54. The van der Waals surface area contributed by atoms with Crippen molar-refractivity contribution >= 4 is 17.6 Å². The molecule has 1 N–H and O–H groups in total. The van der Waals surface area contributed by atoms with Gasteiger partial charge in [0.1, 0.15) is 0 Å². The van der Waals surface area contributed by atoms with Crippen molar-refractivity contribution < 1.29 is 9.90 Å². The zero-order valence-electron chi connectivity index (χ0n) is 11.3. The van der Waals surface area contributed by atoms with Gasteiger partial charge < -0.3 is 5.11 Å². The third-order valence-electron chi connectivity index (χ3n) is 3.45. The van der Waals surface area contributed by atoms with Crippen molar-refractivity contribution in [2.45, 2.75) is 24.6 Å². The van der Waals surface area contributed by atoms with Crippen molar-refractivity contribution in [3.05, 3.63) is 60.2 Å². The summed E-state index contributed by atoms with van der Waals surface area (Å²) in [5, 5.41) is 8.46. The van der Waals surface area contributed by atoms with E-state index in [9.17, 15) is 4.79 Å². The number of alkyl halides is 1. The normalized spacial score (nSPS) is 13.7. The van der Waals surface area contributed by atoms with Crippen molar-refractivity contribution in [1.82, 2.24) is 0 Å². The molecule has 3 heteroatoms. The van der Waals surface area contributed by atoms with Crippen LogP contribution in [-0.2, 0) is 4.79 Å². The molecule has 2 atom stereocenters. The summed E-state index contributed by atoms with van der Waals surface area (Å²) >= 11 is 6.24. The second-order valence-corrected chi connectivity index (χ2v) is 5.42. The maximum absolute atomic E-state index is 10.8. The van der Waals surface area contributed by atoms with Gasteiger partial charge in [0.05, 0.1) is 11.8 Å². The minimum absolute atomic E-state index is 0.0239. The fourth-order valence-electron chi connectivity index (χ4n) is 2.31. The number of hydrogen-bond acceptors (Lipinski definition) is 1. The van der Waals surface area contributed by atoms with Crippen LogP contribution >= 0.6 is 11.6 Å². The number of benzene rings is 2. The molecule has 0 aliphatic carbocycles. The van der Waals surface area contributed by atoms with Crippen LogP contribution in [0.3, 0.4) is 0 Å². The second kappa shape index (κ2) is 6.58. The van der Waals surface area contributed by atoms with Crippen LogP contribution in [0.1, 0.15) is 24.8 Å². The van der Waals surface area contributed by atoms with Crippen LogP contribution in [0.4, 0.5) is 0 Å². The molecule has 0 aliphatic heterocycles. The first-order chi connectivity index (χ1) is 9.59. The number of carboxylic acid groups (broad SMARTS) is 1. The molecule has 0 fully saturated rings. The number of carbonyl (C=O) groups is 1. The van der Waals surface area contributed by atoms with Crippen molar-refractivity contribution in [3.8, 4) is 11.1 Å². The summed E-state index contributed by atoms with van der Waals surface area (Å²) in [6.45, 7) is 1.97. The zero-order valence-corrected chi connectivity index (χ0v) is 12.0. The molecule has 0 saturated carbocycles. The van der Waals surface area contributed by atoms with E-state index in [2.05, 4.69) is 0 Å². The average molecular weight is 289 g/mol. The molecule has 2 aromatic carbocycles. The molecule has 2 nitrogen and oxygen atoms in total. The Hall–Kier alpha value is -1.80. The van der Waals surface area contributed by atoms with Gasteiger partial charge in [0.15, 0.2) is 0 Å². The molecule has 0 aromatic heterocycles. The molecule has 20 heavy (non-hydrogen) atoms. The Labute approximate surface area is 124 Å². The Morgan fingerprint density at radius 1 is 1.10 bits per heavy atom. The molecule has 0 amide bonds. The van der Waals surface area contributed by atoms with Crippen LogP contribution in [0.5, 0.6) is 0 Å². The van der Waals surface area contributed by atoms with E-state index in [1.54, 1.807) is 0 Å². The third kappa shape index (κ3) is 3.40. The smallest absolute Gasteiger partial charge is 0.304 e. The van der Waals surface area contributed by atoms with Gasteiger partial charge in [-0.2, -0.15) is 0 Å². The first kappa shape index (κ1) is 14.6. The van der Waals surface area contributed by atoms with Gasteiger partial charge in [-0.3, -0.25) is 4.79 Å². The predicted molar refractivity (Wildman–Crippen MR) is 82.2 cm³/mol. The Bertz CT molecular complexity index is 581. The Balaban J connectivity index is 2.35. The summed E-state index contributed by atoms with van der Waals surface area (Å²) in [6, 6.07) is 18.1. The molecule has 2 unspecified atom stereocenters. The monoisotopic (exact) mass is 288 g/mol. The maximum Gasteiger partial charge on any atom is 0.304 e. The molecule has 0 bridgehead atoms. The summed E-state index contributed by atoms with van der Waals surface area (Å²) in [7, 11) is 0. The number of carboxylic acids is 1. The van der Waals surface area contributed by atoms with Gasteiger partial charge in [0.25, 0.3) is 0 Å².